The van der Waals surface area contributed by atoms with Gasteiger partial charge in [0.05, 0.1) is 11.8 Å². The van der Waals surface area contributed by atoms with E-state index in [9.17, 15) is 9.18 Å². The molecule has 1 aliphatic rings. The Morgan fingerprint density at radius 1 is 1.19 bits per heavy atom. The molecule has 1 saturated heterocycles. The van der Waals surface area contributed by atoms with E-state index in [1.807, 2.05) is 11.0 Å². The summed E-state index contributed by atoms with van der Waals surface area (Å²) in [5, 5.41) is 0. The average molecular weight is 351 g/mol. The summed E-state index contributed by atoms with van der Waals surface area (Å²) < 4.78 is 18.1. The Hall–Kier alpha value is -3.02. The maximum atomic E-state index is 13.1. The molecule has 3 aromatic rings. The van der Waals surface area contributed by atoms with Crippen molar-refractivity contribution in [1.29, 1.82) is 0 Å². The third-order valence-corrected chi connectivity index (χ3v) is 4.67. The van der Waals surface area contributed by atoms with Crippen LogP contribution in [0.1, 0.15) is 34.8 Å². The normalized spacial score (nSPS) is 17.3. The second-order valence-corrected chi connectivity index (χ2v) is 6.41. The SMILES string of the molecule is O=C(c1ccoc1)N1CCC[C@@H](c2ccnc(-c3ccc(F)cc3)n2)C1. The largest absolute Gasteiger partial charge is 0.472 e. The van der Waals surface area contributed by atoms with E-state index in [4.69, 9.17) is 4.42 Å². The van der Waals surface area contributed by atoms with E-state index in [1.165, 1.54) is 24.7 Å². The van der Waals surface area contributed by atoms with E-state index < -0.39 is 0 Å². The number of nitrogens with zero attached hydrogens (tertiary/aromatic N) is 3. The monoisotopic (exact) mass is 351 g/mol. The number of rotatable bonds is 3. The number of hydrogen-bond donors (Lipinski definition) is 0. The molecule has 6 heteroatoms. The molecule has 3 heterocycles. The first-order valence-corrected chi connectivity index (χ1v) is 8.61. The molecule has 1 fully saturated rings. The zero-order valence-electron chi connectivity index (χ0n) is 14.1. The minimum atomic E-state index is -0.286. The number of furan rings is 1. The molecule has 26 heavy (non-hydrogen) atoms. The van der Waals surface area contributed by atoms with E-state index >= 15 is 0 Å². The molecule has 0 aliphatic carbocycles. The molecule has 2 aromatic heterocycles. The van der Waals surface area contributed by atoms with Crippen LogP contribution in [0.5, 0.6) is 0 Å². The van der Waals surface area contributed by atoms with Crippen LogP contribution in [-0.4, -0.2) is 33.9 Å². The van der Waals surface area contributed by atoms with Crippen molar-refractivity contribution in [1.82, 2.24) is 14.9 Å². The quantitative estimate of drug-likeness (QED) is 0.718. The molecular formula is C20H18FN3O2. The Balaban J connectivity index is 1.54. The van der Waals surface area contributed by atoms with Crippen molar-refractivity contribution in [3.63, 3.8) is 0 Å². The smallest absolute Gasteiger partial charge is 0.257 e. The topological polar surface area (TPSA) is 59.2 Å². The van der Waals surface area contributed by atoms with Gasteiger partial charge in [-0.25, -0.2) is 14.4 Å². The molecule has 4 rings (SSSR count). The third-order valence-electron chi connectivity index (χ3n) is 4.67. The summed E-state index contributed by atoms with van der Waals surface area (Å²) >= 11 is 0. The van der Waals surface area contributed by atoms with Crippen molar-refractivity contribution in [2.24, 2.45) is 0 Å². The van der Waals surface area contributed by atoms with E-state index in [2.05, 4.69) is 9.97 Å². The van der Waals surface area contributed by atoms with Crippen LogP contribution in [-0.2, 0) is 0 Å². The fourth-order valence-corrected chi connectivity index (χ4v) is 3.31. The summed E-state index contributed by atoms with van der Waals surface area (Å²) in [6, 6.07) is 9.72. The van der Waals surface area contributed by atoms with Crippen LogP contribution in [0.4, 0.5) is 4.39 Å². The molecule has 0 bridgehead atoms. The fraction of sp³-hybridized carbons (Fsp3) is 0.250. The van der Waals surface area contributed by atoms with Gasteiger partial charge in [-0.1, -0.05) is 0 Å². The average Bonchev–Trinajstić information content (AvgIpc) is 3.23. The first-order chi connectivity index (χ1) is 12.7. The van der Waals surface area contributed by atoms with Gasteiger partial charge in [0, 0.05) is 36.5 Å². The van der Waals surface area contributed by atoms with Crippen LogP contribution >= 0.6 is 0 Å². The highest BCUT2D eigenvalue weighted by molar-refractivity contribution is 5.93. The van der Waals surface area contributed by atoms with Crippen molar-refractivity contribution >= 4 is 5.91 Å². The van der Waals surface area contributed by atoms with Crippen molar-refractivity contribution in [2.45, 2.75) is 18.8 Å². The number of amides is 1. The summed E-state index contributed by atoms with van der Waals surface area (Å²) in [6.45, 7) is 1.35. The van der Waals surface area contributed by atoms with Gasteiger partial charge in [-0.15, -0.1) is 0 Å². The number of likely N-dealkylation sites (tertiary alicyclic amines) is 1. The van der Waals surface area contributed by atoms with Gasteiger partial charge in [0.15, 0.2) is 5.82 Å². The van der Waals surface area contributed by atoms with Gasteiger partial charge in [0.1, 0.15) is 12.1 Å². The Kier molecular flexibility index (Phi) is 4.48. The van der Waals surface area contributed by atoms with Crippen molar-refractivity contribution in [3.8, 4) is 11.4 Å². The highest BCUT2D eigenvalue weighted by Gasteiger charge is 2.27. The van der Waals surface area contributed by atoms with Crippen LogP contribution < -0.4 is 0 Å². The molecule has 1 atom stereocenters. The van der Waals surface area contributed by atoms with Gasteiger partial charge in [-0.05, 0) is 49.2 Å². The Morgan fingerprint density at radius 2 is 2.04 bits per heavy atom. The standard InChI is InChI=1S/C20H18FN3O2/c21-17-5-3-14(4-6-17)19-22-9-7-18(23-19)15-2-1-10-24(12-15)20(25)16-8-11-26-13-16/h3-9,11,13,15H,1-2,10,12H2/t15-/m1/s1. The molecule has 132 valence electrons. The molecule has 1 aliphatic heterocycles. The molecule has 0 radical (unpaired) electrons. The minimum Gasteiger partial charge on any atom is -0.472 e. The maximum absolute atomic E-state index is 13.1. The highest BCUT2D eigenvalue weighted by Crippen LogP contribution is 2.27. The van der Waals surface area contributed by atoms with Gasteiger partial charge < -0.3 is 9.32 Å². The lowest BCUT2D eigenvalue weighted by molar-refractivity contribution is 0.0705. The molecular weight excluding hydrogens is 333 g/mol. The summed E-state index contributed by atoms with van der Waals surface area (Å²) in [5.41, 5.74) is 2.25. The maximum Gasteiger partial charge on any atom is 0.257 e. The number of aromatic nitrogens is 2. The lowest BCUT2D eigenvalue weighted by atomic mass is 9.94. The van der Waals surface area contributed by atoms with E-state index in [0.717, 1.165) is 30.6 Å². The van der Waals surface area contributed by atoms with Crippen LogP contribution in [0.2, 0.25) is 0 Å². The molecule has 5 nitrogen and oxygen atoms in total. The second kappa shape index (κ2) is 7.07. The minimum absolute atomic E-state index is 0.0173. The summed E-state index contributed by atoms with van der Waals surface area (Å²) in [4.78, 5) is 23.4. The number of hydrogen-bond acceptors (Lipinski definition) is 4. The van der Waals surface area contributed by atoms with Crippen molar-refractivity contribution in [2.75, 3.05) is 13.1 Å². The van der Waals surface area contributed by atoms with Crippen molar-refractivity contribution < 1.29 is 13.6 Å². The van der Waals surface area contributed by atoms with Gasteiger partial charge >= 0.3 is 0 Å². The number of piperidine rings is 1. The van der Waals surface area contributed by atoms with Gasteiger partial charge in [0.25, 0.3) is 5.91 Å². The Labute approximate surface area is 150 Å². The first-order valence-electron chi connectivity index (χ1n) is 8.61. The van der Waals surface area contributed by atoms with E-state index in [-0.39, 0.29) is 17.6 Å². The van der Waals surface area contributed by atoms with Crippen LogP contribution in [0.15, 0.2) is 59.5 Å². The summed E-state index contributed by atoms with van der Waals surface area (Å²) in [6.07, 6.45) is 6.59. The Morgan fingerprint density at radius 3 is 2.81 bits per heavy atom. The molecule has 0 N–H and O–H groups in total. The number of benzene rings is 1. The fourth-order valence-electron chi connectivity index (χ4n) is 3.31. The molecule has 0 saturated carbocycles. The Bertz CT molecular complexity index is 894. The predicted molar refractivity (Wildman–Crippen MR) is 94.0 cm³/mol. The highest BCUT2D eigenvalue weighted by atomic mass is 19.1. The number of halogens is 1. The van der Waals surface area contributed by atoms with E-state index in [1.54, 1.807) is 24.4 Å². The zero-order chi connectivity index (χ0) is 17.9. The third kappa shape index (κ3) is 3.35. The lowest BCUT2D eigenvalue weighted by Crippen LogP contribution is -2.39. The van der Waals surface area contributed by atoms with Crippen LogP contribution in [0.3, 0.4) is 0 Å². The van der Waals surface area contributed by atoms with Crippen molar-refractivity contribution in [3.05, 3.63) is 72.2 Å². The predicted octanol–water partition coefficient (Wildman–Crippen LogP) is 3.90. The van der Waals surface area contributed by atoms with Gasteiger partial charge in [-0.3, -0.25) is 4.79 Å². The second-order valence-electron chi connectivity index (χ2n) is 6.41. The first kappa shape index (κ1) is 16.4. The summed E-state index contributed by atoms with van der Waals surface area (Å²) in [7, 11) is 0. The zero-order valence-corrected chi connectivity index (χ0v) is 14.1. The molecule has 0 unspecified atom stereocenters. The summed E-state index contributed by atoms with van der Waals surface area (Å²) in [5.74, 6) is 0.421. The molecule has 1 aromatic carbocycles. The number of carbonyl (C=O) groups is 1. The number of carbonyl (C=O) groups excluding carboxylic acids is 1. The van der Waals surface area contributed by atoms with Gasteiger partial charge in [-0.2, -0.15) is 0 Å². The lowest BCUT2D eigenvalue weighted by Gasteiger charge is -2.32. The van der Waals surface area contributed by atoms with Gasteiger partial charge in [0.2, 0.25) is 0 Å². The van der Waals surface area contributed by atoms with E-state index in [0.29, 0.717) is 17.9 Å². The molecule has 0 spiro atoms. The molecule has 1 amide bonds. The van der Waals surface area contributed by atoms with Crippen LogP contribution in [0, 0.1) is 5.82 Å². The van der Waals surface area contributed by atoms with Crippen LogP contribution in [0.25, 0.3) is 11.4 Å².